The van der Waals surface area contributed by atoms with E-state index in [0.717, 1.165) is 13.8 Å². The third kappa shape index (κ3) is 7.35. The fourth-order valence-electron chi connectivity index (χ4n) is 2.50. The molecule has 1 fully saturated rings. The smallest absolute Gasteiger partial charge is 0.303 e. The van der Waals surface area contributed by atoms with Gasteiger partial charge in [-0.15, -0.1) is 6.58 Å². The van der Waals surface area contributed by atoms with E-state index in [-0.39, 0.29) is 13.2 Å². The largest absolute Gasteiger partial charge is 0.462 e. The molecule has 1 heterocycles. The Morgan fingerprint density at radius 1 is 0.963 bits per heavy atom. The van der Waals surface area contributed by atoms with E-state index >= 15 is 0 Å². The third-order valence-electron chi connectivity index (χ3n) is 3.32. The molecule has 10 nitrogen and oxygen atoms in total. The summed E-state index contributed by atoms with van der Waals surface area (Å²) < 4.78 is 31.6. The minimum atomic E-state index is -1.15. The summed E-state index contributed by atoms with van der Waals surface area (Å²) in [6.45, 7) is 7.90. The number of ether oxygens (including phenoxy) is 6. The third-order valence-corrected chi connectivity index (χ3v) is 3.32. The molecule has 0 aromatic rings. The van der Waals surface area contributed by atoms with Crippen molar-refractivity contribution in [3.8, 4) is 0 Å². The Balaban J connectivity index is 3.16. The van der Waals surface area contributed by atoms with Gasteiger partial charge in [-0.2, -0.15) is 0 Å². The average Bonchev–Trinajstić information content (AvgIpc) is 2.85. The second-order valence-corrected chi connectivity index (χ2v) is 5.69. The van der Waals surface area contributed by atoms with Crippen molar-refractivity contribution in [1.82, 2.24) is 0 Å². The molecule has 0 saturated carbocycles. The van der Waals surface area contributed by atoms with Crippen LogP contribution < -0.4 is 0 Å². The van der Waals surface area contributed by atoms with Crippen molar-refractivity contribution in [2.24, 2.45) is 0 Å². The summed E-state index contributed by atoms with van der Waals surface area (Å²) in [4.78, 5) is 45.6. The molecule has 5 atom stereocenters. The minimum absolute atomic E-state index is 0.0596. The maximum Gasteiger partial charge on any atom is 0.303 e. The molecular weight excluding hydrogens is 364 g/mol. The molecule has 0 aliphatic carbocycles. The Bertz CT molecular complexity index is 572. The van der Waals surface area contributed by atoms with Crippen LogP contribution in [0.2, 0.25) is 0 Å². The highest BCUT2D eigenvalue weighted by atomic mass is 16.7. The number of rotatable bonds is 9. The molecule has 0 N–H and O–H groups in total. The molecular formula is C17H24O10. The maximum atomic E-state index is 11.5. The zero-order valence-corrected chi connectivity index (χ0v) is 15.7. The molecule has 1 saturated heterocycles. The van der Waals surface area contributed by atoms with E-state index in [1.54, 1.807) is 0 Å². The van der Waals surface area contributed by atoms with E-state index in [1.807, 2.05) is 0 Å². The van der Waals surface area contributed by atoms with E-state index in [1.165, 1.54) is 19.9 Å². The summed E-state index contributed by atoms with van der Waals surface area (Å²) >= 11 is 0. The van der Waals surface area contributed by atoms with Gasteiger partial charge < -0.3 is 28.4 Å². The normalized spacial score (nSPS) is 25.2. The quantitative estimate of drug-likeness (QED) is 0.309. The van der Waals surface area contributed by atoms with E-state index in [4.69, 9.17) is 28.4 Å². The zero-order chi connectivity index (χ0) is 20.6. The summed E-state index contributed by atoms with van der Waals surface area (Å²) in [5, 5.41) is 0. The second kappa shape index (κ2) is 10.6. The molecule has 10 heteroatoms. The van der Waals surface area contributed by atoms with Crippen LogP contribution in [-0.2, 0) is 47.6 Å². The summed E-state index contributed by atoms with van der Waals surface area (Å²) in [5.74, 6) is -2.61. The SMILES string of the molecule is C=CCO[C@@H]1O[C@@H]([C@@H](COC(C)=O)OC(C)=O)C(OC(C)=O)[C@@H]1OC(C)=O. The van der Waals surface area contributed by atoms with Crippen molar-refractivity contribution in [3.63, 3.8) is 0 Å². The van der Waals surface area contributed by atoms with E-state index in [9.17, 15) is 19.2 Å². The number of hydrogen-bond acceptors (Lipinski definition) is 10. The summed E-state index contributed by atoms with van der Waals surface area (Å²) in [7, 11) is 0. The Kier molecular flexibility index (Phi) is 8.89. The molecule has 152 valence electrons. The lowest BCUT2D eigenvalue weighted by Gasteiger charge is -2.27. The van der Waals surface area contributed by atoms with Crippen LogP contribution in [0.3, 0.4) is 0 Å². The van der Waals surface area contributed by atoms with Crippen LogP contribution in [0.5, 0.6) is 0 Å². The molecule has 0 radical (unpaired) electrons. The van der Waals surface area contributed by atoms with Crippen LogP contribution in [-0.4, -0.2) is 67.8 Å². The Morgan fingerprint density at radius 2 is 1.56 bits per heavy atom. The fraction of sp³-hybridized carbons (Fsp3) is 0.647. The van der Waals surface area contributed by atoms with Gasteiger partial charge in [0.25, 0.3) is 0 Å². The number of carbonyl (C=O) groups excluding carboxylic acids is 4. The molecule has 1 rings (SSSR count). The molecule has 0 amide bonds. The van der Waals surface area contributed by atoms with E-state index < -0.39 is 54.6 Å². The van der Waals surface area contributed by atoms with Crippen molar-refractivity contribution >= 4 is 23.9 Å². The van der Waals surface area contributed by atoms with Gasteiger partial charge in [0.15, 0.2) is 24.6 Å². The topological polar surface area (TPSA) is 124 Å². The van der Waals surface area contributed by atoms with Gasteiger partial charge in [-0.25, -0.2) is 0 Å². The standard InChI is InChI=1S/C17H24O10/c1-6-7-22-17-16(26-12(5)21)15(25-11(4)20)14(27-17)13(24-10(3)19)8-23-9(2)18/h6,13-17H,1,7-8H2,2-5H3/t13-,14+,15?,16+,17-/m1/s1. The van der Waals surface area contributed by atoms with Crippen molar-refractivity contribution < 1.29 is 47.6 Å². The number of esters is 4. The van der Waals surface area contributed by atoms with Crippen LogP contribution in [0, 0.1) is 0 Å². The van der Waals surface area contributed by atoms with Gasteiger partial charge in [0, 0.05) is 27.7 Å². The van der Waals surface area contributed by atoms with Crippen molar-refractivity contribution in [1.29, 1.82) is 0 Å². The highest BCUT2D eigenvalue weighted by Gasteiger charge is 2.53. The van der Waals surface area contributed by atoms with Gasteiger partial charge in [-0.05, 0) is 0 Å². The predicted octanol–water partition coefficient (Wildman–Crippen LogP) is 0.272. The first kappa shape index (κ1) is 22.6. The van der Waals surface area contributed by atoms with Crippen LogP contribution >= 0.6 is 0 Å². The van der Waals surface area contributed by atoms with Gasteiger partial charge in [0.05, 0.1) is 6.61 Å². The van der Waals surface area contributed by atoms with Gasteiger partial charge >= 0.3 is 23.9 Å². The van der Waals surface area contributed by atoms with Crippen molar-refractivity contribution in [2.45, 2.75) is 58.4 Å². The second-order valence-electron chi connectivity index (χ2n) is 5.69. The summed E-state index contributed by atoms with van der Waals surface area (Å²) in [6.07, 6.45) is -4.16. The molecule has 0 bridgehead atoms. The molecule has 1 aliphatic rings. The average molecular weight is 388 g/mol. The monoisotopic (exact) mass is 388 g/mol. The van der Waals surface area contributed by atoms with Crippen LogP contribution in [0.4, 0.5) is 0 Å². The minimum Gasteiger partial charge on any atom is -0.462 e. The summed E-state index contributed by atoms with van der Waals surface area (Å²) in [6, 6.07) is 0. The first-order valence-corrected chi connectivity index (χ1v) is 8.18. The van der Waals surface area contributed by atoms with Gasteiger partial charge in [0.2, 0.25) is 0 Å². The lowest BCUT2D eigenvalue weighted by molar-refractivity contribution is -0.196. The molecule has 0 aromatic carbocycles. The lowest BCUT2D eigenvalue weighted by atomic mass is 10.1. The molecule has 0 spiro atoms. The zero-order valence-electron chi connectivity index (χ0n) is 15.7. The Labute approximate surface area is 156 Å². The highest BCUT2D eigenvalue weighted by molar-refractivity contribution is 5.68. The van der Waals surface area contributed by atoms with E-state index in [2.05, 4.69) is 6.58 Å². The van der Waals surface area contributed by atoms with Crippen molar-refractivity contribution in [3.05, 3.63) is 12.7 Å². The van der Waals surface area contributed by atoms with Gasteiger partial charge in [-0.1, -0.05) is 6.08 Å². The van der Waals surface area contributed by atoms with E-state index in [0.29, 0.717) is 0 Å². The fourth-order valence-corrected chi connectivity index (χ4v) is 2.50. The first-order valence-electron chi connectivity index (χ1n) is 8.18. The maximum absolute atomic E-state index is 11.5. The summed E-state index contributed by atoms with van der Waals surface area (Å²) in [5.41, 5.74) is 0. The molecule has 0 aromatic heterocycles. The predicted molar refractivity (Wildman–Crippen MR) is 88.1 cm³/mol. The van der Waals surface area contributed by atoms with Gasteiger partial charge in [-0.3, -0.25) is 19.2 Å². The molecule has 27 heavy (non-hydrogen) atoms. The molecule has 1 aliphatic heterocycles. The number of hydrogen-bond donors (Lipinski definition) is 0. The van der Waals surface area contributed by atoms with Crippen LogP contribution in [0.25, 0.3) is 0 Å². The molecule has 1 unspecified atom stereocenters. The lowest BCUT2D eigenvalue weighted by Crippen LogP contribution is -2.46. The highest BCUT2D eigenvalue weighted by Crippen LogP contribution is 2.31. The number of carbonyl (C=O) groups is 4. The first-order chi connectivity index (χ1) is 12.6. The van der Waals surface area contributed by atoms with Crippen molar-refractivity contribution in [2.75, 3.05) is 13.2 Å². The van der Waals surface area contributed by atoms with Gasteiger partial charge in [0.1, 0.15) is 12.7 Å². The van der Waals surface area contributed by atoms with Crippen LogP contribution in [0.1, 0.15) is 27.7 Å². The Hall–Kier alpha value is -2.46. The van der Waals surface area contributed by atoms with Crippen LogP contribution in [0.15, 0.2) is 12.7 Å². The Morgan fingerprint density at radius 3 is 2.04 bits per heavy atom.